The molecule has 1 unspecified atom stereocenters. The molecule has 0 heterocycles. The number of carbonyl (C=O) groups excluding carboxylic acids is 1. The highest BCUT2D eigenvalue weighted by Crippen LogP contribution is 2.19. The maximum absolute atomic E-state index is 12.2. The van der Waals surface area contributed by atoms with E-state index in [0.717, 1.165) is 17.5 Å². The fourth-order valence-electron chi connectivity index (χ4n) is 2.25. The lowest BCUT2D eigenvalue weighted by Crippen LogP contribution is -2.29. The van der Waals surface area contributed by atoms with Gasteiger partial charge in [-0.05, 0) is 41.8 Å². The van der Waals surface area contributed by atoms with E-state index in [2.05, 4.69) is 5.32 Å². The molecule has 0 radical (unpaired) electrons. The molecule has 1 amide bonds. The Labute approximate surface area is 130 Å². The molecule has 4 heteroatoms. The third-order valence-corrected chi connectivity index (χ3v) is 3.58. The van der Waals surface area contributed by atoms with E-state index >= 15 is 0 Å². The number of halogens is 1. The van der Waals surface area contributed by atoms with Crippen LogP contribution in [0.4, 0.5) is 5.69 Å². The molecule has 0 bridgehead atoms. The van der Waals surface area contributed by atoms with E-state index in [-0.39, 0.29) is 11.9 Å². The Morgan fingerprint density at radius 1 is 1.24 bits per heavy atom. The van der Waals surface area contributed by atoms with Crippen LogP contribution in [0, 0.1) is 0 Å². The summed E-state index contributed by atoms with van der Waals surface area (Å²) in [4.78, 5) is 12.2. The van der Waals surface area contributed by atoms with E-state index in [0.29, 0.717) is 17.1 Å². The molecular weight excluding hydrogens is 284 g/mol. The number of rotatable bonds is 5. The van der Waals surface area contributed by atoms with Crippen LogP contribution in [0.5, 0.6) is 0 Å². The van der Waals surface area contributed by atoms with Crippen molar-refractivity contribution in [3.63, 3.8) is 0 Å². The van der Waals surface area contributed by atoms with Crippen LogP contribution >= 0.6 is 11.6 Å². The SMILES string of the molecule is CCC(NC(=O)Cc1cccc(N)c1)c1ccc(Cl)cc1. The Bertz CT molecular complexity index is 610. The van der Waals surface area contributed by atoms with Crippen LogP contribution < -0.4 is 11.1 Å². The van der Waals surface area contributed by atoms with Gasteiger partial charge >= 0.3 is 0 Å². The Kier molecular flexibility index (Phi) is 5.23. The van der Waals surface area contributed by atoms with Gasteiger partial charge < -0.3 is 11.1 Å². The molecule has 21 heavy (non-hydrogen) atoms. The maximum Gasteiger partial charge on any atom is 0.224 e. The van der Waals surface area contributed by atoms with Gasteiger partial charge in [-0.3, -0.25) is 4.79 Å². The Morgan fingerprint density at radius 3 is 2.57 bits per heavy atom. The monoisotopic (exact) mass is 302 g/mol. The van der Waals surface area contributed by atoms with Crippen LogP contribution in [0.2, 0.25) is 5.02 Å². The molecular formula is C17H19ClN2O. The molecule has 1 atom stereocenters. The average molecular weight is 303 g/mol. The van der Waals surface area contributed by atoms with Gasteiger partial charge in [-0.2, -0.15) is 0 Å². The van der Waals surface area contributed by atoms with E-state index in [1.54, 1.807) is 0 Å². The first-order valence-electron chi connectivity index (χ1n) is 6.97. The smallest absolute Gasteiger partial charge is 0.224 e. The summed E-state index contributed by atoms with van der Waals surface area (Å²) in [6.07, 6.45) is 1.15. The molecule has 0 saturated carbocycles. The van der Waals surface area contributed by atoms with Gasteiger partial charge in [0, 0.05) is 10.7 Å². The van der Waals surface area contributed by atoms with Gasteiger partial charge in [0.05, 0.1) is 12.5 Å². The second-order valence-corrected chi connectivity index (χ2v) is 5.44. The zero-order chi connectivity index (χ0) is 15.2. The molecule has 0 fully saturated rings. The summed E-state index contributed by atoms with van der Waals surface area (Å²) in [5, 5.41) is 3.74. The highest BCUT2D eigenvalue weighted by atomic mass is 35.5. The van der Waals surface area contributed by atoms with Crippen LogP contribution in [0.1, 0.15) is 30.5 Å². The second kappa shape index (κ2) is 7.14. The number of nitrogens with two attached hydrogens (primary N) is 1. The third-order valence-electron chi connectivity index (χ3n) is 3.33. The van der Waals surface area contributed by atoms with Gasteiger partial charge in [0.1, 0.15) is 0 Å². The number of hydrogen-bond acceptors (Lipinski definition) is 2. The fourth-order valence-corrected chi connectivity index (χ4v) is 2.38. The summed E-state index contributed by atoms with van der Waals surface area (Å²) >= 11 is 5.89. The largest absolute Gasteiger partial charge is 0.399 e. The quantitative estimate of drug-likeness (QED) is 0.827. The molecule has 3 nitrogen and oxygen atoms in total. The van der Waals surface area contributed by atoms with Crippen LogP contribution in [0.25, 0.3) is 0 Å². The summed E-state index contributed by atoms with van der Waals surface area (Å²) < 4.78 is 0. The lowest BCUT2D eigenvalue weighted by atomic mass is 10.0. The van der Waals surface area contributed by atoms with E-state index < -0.39 is 0 Å². The van der Waals surface area contributed by atoms with Crippen molar-refractivity contribution in [1.29, 1.82) is 0 Å². The number of nitrogens with one attached hydrogen (secondary N) is 1. The Hall–Kier alpha value is -2.00. The molecule has 2 aromatic rings. The normalized spacial score (nSPS) is 11.9. The first-order valence-corrected chi connectivity index (χ1v) is 7.35. The minimum Gasteiger partial charge on any atom is -0.399 e. The van der Waals surface area contributed by atoms with Crippen LogP contribution in [-0.4, -0.2) is 5.91 Å². The van der Waals surface area contributed by atoms with Crippen molar-refractivity contribution in [2.24, 2.45) is 0 Å². The molecule has 110 valence electrons. The maximum atomic E-state index is 12.2. The Balaban J connectivity index is 2.01. The van der Waals surface area contributed by atoms with Crippen molar-refractivity contribution in [1.82, 2.24) is 5.32 Å². The zero-order valence-electron chi connectivity index (χ0n) is 12.0. The number of carbonyl (C=O) groups is 1. The van der Waals surface area contributed by atoms with Crippen LogP contribution in [-0.2, 0) is 11.2 Å². The van der Waals surface area contributed by atoms with Crippen molar-refractivity contribution >= 4 is 23.2 Å². The molecule has 2 aromatic carbocycles. The molecule has 0 spiro atoms. The predicted octanol–water partition coefficient (Wildman–Crippen LogP) is 3.73. The summed E-state index contributed by atoms with van der Waals surface area (Å²) in [5.41, 5.74) is 8.37. The highest BCUT2D eigenvalue weighted by molar-refractivity contribution is 6.30. The van der Waals surface area contributed by atoms with Gasteiger partial charge in [0.2, 0.25) is 5.91 Å². The van der Waals surface area contributed by atoms with Crippen molar-refractivity contribution in [3.8, 4) is 0 Å². The molecule has 0 aliphatic carbocycles. The summed E-state index contributed by atoms with van der Waals surface area (Å²) in [5.74, 6) is -0.0117. The first kappa shape index (κ1) is 15.4. The third kappa shape index (κ3) is 4.50. The predicted molar refractivity (Wildman–Crippen MR) is 87.2 cm³/mol. The standard InChI is InChI=1S/C17H19ClN2O/c1-2-16(13-6-8-14(18)9-7-13)20-17(21)11-12-4-3-5-15(19)10-12/h3-10,16H,2,11,19H2,1H3,(H,20,21). The lowest BCUT2D eigenvalue weighted by Gasteiger charge is -2.17. The summed E-state index contributed by atoms with van der Waals surface area (Å²) in [7, 11) is 0. The second-order valence-electron chi connectivity index (χ2n) is 5.00. The Morgan fingerprint density at radius 2 is 1.95 bits per heavy atom. The number of hydrogen-bond donors (Lipinski definition) is 2. The fraction of sp³-hybridized carbons (Fsp3) is 0.235. The highest BCUT2D eigenvalue weighted by Gasteiger charge is 2.13. The molecule has 3 N–H and O–H groups in total. The van der Waals surface area contributed by atoms with Crippen molar-refractivity contribution in [2.45, 2.75) is 25.8 Å². The summed E-state index contributed by atoms with van der Waals surface area (Å²) in [6, 6.07) is 14.9. The van der Waals surface area contributed by atoms with Crippen LogP contribution in [0.15, 0.2) is 48.5 Å². The number of amides is 1. The van der Waals surface area contributed by atoms with E-state index in [1.165, 1.54) is 0 Å². The average Bonchev–Trinajstić information content (AvgIpc) is 2.46. The molecule has 0 aromatic heterocycles. The molecule has 0 aliphatic rings. The van der Waals surface area contributed by atoms with Crippen molar-refractivity contribution in [3.05, 3.63) is 64.7 Å². The van der Waals surface area contributed by atoms with E-state index in [4.69, 9.17) is 17.3 Å². The van der Waals surface area contributed by atoms with Gasteiger partial charge in [-0.1, -0.05) is 42.8 Å². The van der Waals surface area contributed by atoms with Crippen LogP contribution in [0.3, 0.4) is 0 Å². The van der Waals surface area contributed by atoms with Crippen molar-refractivity contribution < 1.29 is 4.79 Å². The van der Waals surface area contributed by atoms with Gasteiger partial charge in [0.15, 0.2) is 0 Å². The zero-order valence-corrected chi connectivity index (χ0v) is 12.7. The topological polar surface area (TPSA) is 55.1 Å². The minimum atomic E-state index is -0.0117. The van der Waals surface area contributed by atoms with Gasteiger partial charge in [0.25, 0.3) is 0 Å². The number of nitrogen functional groups attached to an aromatic ring is 1. The molecule has 0 aliphatic heterocycles. The minimum absolute atomic E-state index is 0.00386. The number of anilines is 1. The van der Waals surface area contributed by atoms with E-state index in [1.807, 2.05) is 55.5 Å². The van der Waals surface area contributed by atoms with E-state index in [9.17, 15) is 4.79 Å². The lowest BCUT2D eigenvalue weighted by molar-refractivity contribution is -0.121. The molecule has 2 rings (SSSR count). The van der Waals surface area contributed by atoms with Gasteiger partial charge in [-0.25, -0.2) is 0 Å². The van der Waals surface area contributed by atoms with Gasteiger partial charge in [-0.15, -0.1) is 0 Å². The summed E-state index contributed by atoms with van der Waals surface area (Å²) in [6.45, 7) is 2.04. The number of benzene rings is 2. The molecule has 0 saturated heterocycles. The first-order chi connectivity index (χ1) is 10.1. The van der Waals surface area contributed by atoms with Crippen molar-refractivity contribution in [2.75, 3.05) is 5.73 Å².